The first-order valence-corrected chi connectivity index (χ1v) is 7.61. The topological polar surface area (TPSA) is 123 Å². The molecule has 3 amide bonds. The van der Waals surface area contributed by atoms with Gasteiger partial charge in [0, 0.05) is 0 Å². The zero-order chi connectivity index (χ0) is 15.2. The van der Waals surface area contributed by atoms with Crippen LogP contribution in [0, 0.1) is 0 Å². The molecule has 0 aliphatic carbocycles. The summed E-state index contributed by atoms with van der Waals surface area (Å²) in [7, 11) is 0. The van der Waals surface area contributed by atoms with E-state index < -0.39 is 17.2 Å². The molecule has 4 N–H and O–H groups in total. The van der Waals surface area contributed by atoms with Gasteiger partial charge in [-0.05, 0) is 19.1 Å². The number of rotatable bonds is 6. The molecule has 1 atom stereocenters. The van der Waals surface area contributed by atoms with Crippen LogP contribution in [0.4, 0.5) is 9.93 Å². The third kappa shape index (κ3) is 4.76. The van der Waals surface area contributed by atoms with Gasteiger partial charge in [-0.2, -0.15) is 0 Å². The summed E-state index contributed by atoms with van der Waals surface area (Å²) in [6, 6.07) is 2.78. The number of carbonyl (C=O) groups excluding carboxylic acids is 2. The van der Waals surface area contributed by atoms with Crippen LogP contribution in [0.25, 0.3) is 0 Å². The molecule has 21 heavy (non-hydrogen) atoms. The van der Waals surface area contributed by atoms with Crippen molar-refractivity contribution in [2.24, 2.45) is 5.73 Å². The maximum absolute atomic E-state index is 11.5. The maximum atomic E-state index is 11.5. The molecule has 0 aliphatic rings. The largest absolute Gasteiger partial charge is 0.467 e. The van der Waals surface area contributed by atoms with Crippen LogP contribution in [0.1, 0.15) is 12.7 Å². The molecule has 2 aromatic rings. The Kier molecular flexibility index (Phi) is 5.17. The summed E-state index contributed by atoms with van der Waals surface area (Å²) in [4.78, 5) is 22.1. The number of imide groups is 1. The Morgan fingerprint density at radius 2 is 2.33 bits per heavy atom. The molecule has 0 saturated heterocycles. The van der Waals surface area contributed by atoms with Crippen molar-refractivity contribution in [1.82, 2.24) is 15.5 Å². The van der Waals surface area contributed by atoms with Crippen LogP contribution < -0.4 is 16.4 Å². The van der Waals surface area contributed by atoms with E-state index in [0.717, 1.165) is 5.76 Å². The van der Waals surface area contributed by atoms with Crippen molar-refractivity contribution in [2.45, 2.75) is 23.1 Å². The molecule has 0 fully saturated rings. The van der Waals surface area contributed by atoms with Crippen LogP contribution in [-0.4, -0.2) is 27.4 Å². The minimum atomic E-state index is -0.870. The molecule has 0 saturated carbocycles. The summed E-state index contributed by atoms with van der Waals surface area (Å²) in [6.07, 6.45) is 1.59. The van der Waals surface area contributed by atoms with Crippen LogP contribution in [0.15, 0.2) is 27.2 Å². The molecule has 0 radical (unpaired) electrons. The lowest BCUT2D eigenvalue weighted by Crippen LogP contribution is -2.39. The number of nitrogens with two attached hydrogens (primary N) is 1. The summed E-state index contributed by atoms with van der Waals surface area (Å²) in [5.74, 6) is 0.321. The average Bonchev–Trinajstić information content (AvgIpc) is 3.06. The van der Waals surface area contributed by atoms with Gasteiger partial charge in [-0.15, -0.1) is 10.2 Å². The van der Waals surface area contributed by atoms with Crippen LogP contribution in [-0.2, 0) is 11.3 Å². The molecule has 0 spiro atoms. The van der Waals surface area contributed by atoms with E-state index in [-0.39, 0.29) is 0 Å². The molecule has 2 rings (SSSR count). The van der Waals surface area contributed by atoms with Gasteiger partial charge in [0.1, 0.15) is 5.76 Å². The van der Waals surface area contributed by atoms with E-state index in [0.29, 0.717) is 16.0 Å². The number of amides is 3. The SMILES string of the molecule is C[C@H](Sc1nnc(NCc2ccco2)s1)C(=O)NC(N)=O. The van der Waals surface area contributed by atoms with E-state index in [2.05, 4.69) is 15.5 Å². The molecule has 2 aromatic heterocycles. The van der Waals surface area contributed by atoms with Crippen LogP contribution in [0.5, 0.6) is 0 Å². The van der Waals surface area contributed by atoms with Crippen molar-refractivity contribution in [1.29, 1.82) is 0 Å². The molecule has 112 valence electrons. The number of urea groups is 1. The molecule has 8 nitrogen and oxygen atoms in total. The Bertz CT molecular complexity index is 613. The summed E-state index contributed by atoms with van der Waals surface area (Å²) >= 11 is 2.51. The lowest BCUT2D eigenvalue weighted by Gasteiger charge is -2.06. The predicted octanol–water partition coefficient (Wildman–Crippen LogP) is 1.42. The van der Waals surface area contributed by atoms with Gasteiger partial charge in [-0.3, -0.25) is 10.1 Å². The Morgan fingerprint density at radius 3 is 3.00 bits per heavy atom. The first kappa shape index (κ1) is 15.3. The van der Waals surface area contributed by atoms with Gasteiger partial charge < -0.3 is 15.5 Å². The van der Waals surface area contributed by atoms with Gasteiger partial charge in [-0.25, -0.2) is 4.79 Å². The fourth-order valence-corrected chi connectivity index (χ4v) is 3.22. The summed E-state index contributed by atoms with van der Waals surface area (Å²) < 4.78 is 5.80. The highest BCUT2D eigenvalue weighted by molar-refractivity contribution is 8.02. The predicted molar refractivity (Wildman–Crippen MR) is 79.0 cm³/mol. The highest BCUT2D eigenvalue weighted by atomic mass is 32.2. The minimum absolute atomic E-state index is 0.465. The second kappa shape index (κ2) is 7.09. The average molecular weight is 327 g/mol. The molecule has 0 aliphatic heterocycles. The molecule has 10 heteroatoms. The summed E-state index contributed by atoms with van der Waals surface area (Å²) in [5.41, 5.74) is 4.89. The number of nitrogens with one attached hydrogen (secondary N) is 2. The van der Waals surface area contributed by atoms with Gasteiger partial charge in [0.15, 0.2) is 4.34 Å². The Balaban J connectivity index is 1.84. The normalized spacial score (nSPS) is 11.9. The van der Waals surface area contributed by atoms with Gasteiger partial charge in [0.25, 0.3) is 0 Å². The fraction of sp³-hybridized carbons (Fsp3) is 0.273. The van der Waals surface area contributed by atoms with E-state index in [1.165, 1.54) is 23.1 Å². The van der Waals surface area contributed by atoms with Crippen molar-refractivity contribution in [3.05, 3.63) is 24.2 Å². The quantitative estimate of drug-likeness (QED) is 0.685. The number of carbonyl (C=O) groups is 2. The van der Waals surface area contributed by atoms with E-state index in [1.807, 2.05) is 11.4 Å². The number of hydrogen-bond donors (Lipinski definition) is 3. The standard InChI is InChI=1S/C11H13N5O3S2/c1-6(8(17)14-9(12)18)20-11-16-15-10(21-11)13-5-7-3-2-4-19-7/h2-4,6H,5H2,1H3,(H,13,15)(H3,12,14,17,18)/t6-/m0/s1. The van der Waals surface area contributed by atoms with E-state index in [4.69, 9.17) is 10.2 Å². The third-order valence-electron chi connectivity index (χ3n) is 2.29. The van der Waals surface area contributed by atoms with Crippen LogP contribution in [0.2, 0.25) is 0 Å². The molecule has 0 bridgehead atoms. The van der Waals surface area contributed by atoms with E-state index in [1.54, 1.807) is 19.3 Å². The third-order valence-corrected chi connectivity index (χ3v) is 4.36. The molecule has 0 unspecified atom stereocenters. The number of primary amides is 1. The Hall–Kier alpha value is -2.07. The zero-order valence-electron chi connectivity index (χ0n) is 11.0. The number of aromatic nitrogens is 2. The second-order valence-electron chi connectivity index (χ2n) is 3.92. The number of furan rings is 1. The van der Waals surface area contributed by atoms with Crippen molar-refractivity contribution in [3.8, 4) is 0 Å². The van der Waals surface area contributed by atoms with Crippen molar-refractivity contribution >= 4 is 40.2 Å². The van der Waals surface area contributed by atoms with Crippen LogP contribution >= 0.6 is 23.1 Å². The highest BCUT2D eigenvalue weighted by Gasteiger charge is 2.18. The lowest BCUT2D eigenvalue weighted by atomic mass is 10.4. The van der Waals surface area contributed by atoms with Gasteiger partial charge >= 0.3 is 6.03 Å². The van der Waals surface area contributed by atoms with E-state index in [9.17, 15) is 9.59 Å². The van der Waals surface area contributed by atoms with Crippen molar-refractivity contribution in [3.63, 3.8) is 0 Å². The zero-order valence-corrected chi connectivity index (χ0v) is 12.7. The monoisotopic (exact) mass is 327 g/mol. The van der Waals surface area contributed by atoms with Gasteiger partial charge in [0.2, 0.25) is 11.0 Å². The van der Waals surface area contributed by atoms with Gasteiger partial charge in [-0.1, -0.05) is 23.1 Å². The lowest BCUT2D eigenvalue weighted by molar-refractivity contribution is -0.119. The number of hydrogen-bond acceptors (Lipinski definition) is 8. The molecular formula is C11H13N5O3S2. The molecule has 0 aromatic carbocycles. The first-order valence-electron chi connectivity index (χ1n) is 5.91. The van der Waals surface area contributed by atoms with Crippen molar-refractivity contribution in [2.75, 3.05) is 5.32 Å². The smallest absolute Gasteiger partial charge is 0.318 e. The van der Waals surface area contributed by atoms with E-state index >= 15 is 0 Å². The molecule has 2 heterocycles. The number of nitrogens with zero attached hydrogens (tertiary/aromatic N) is 2. The second-order valence-corrected chi connectivity index (χ2v) is 6.49. The number of thioether (sulfide) groups is 1. The first-order chi connectivity index (χ1) is 10.0. The van der Waals surface area contributed by atoms with Gasteiger partial charge in [0.05, 0.1) is 18.1 Å². The number of anilines is 1. The summed E-state index contributed by atoms with van der Waals surface area (Å²) in [6.45, 7) is 2.16. The Morgan fingerprint density at radius 1 is 1.52 bits per heavy atom. The maximum Gasteiger partial charge on any atom is 0.318 e. The fourth-order valence-electron chi connectivity index (χ4n) is 1.33. The van der Waals surface area contributed by atoms with Crippen LogP contribution in [0.3, 0.4) is 0 Å². The minimum Gasteiger partial charge on any atom is -0.467 e. The Labute approximate surface area is 128 Å². The molecular weight excluding hydrogens is 314 g/mol. The van der Waals surface area contributed by atoms with Crippen molar-refractivity contribution < 1.29 is 14.0 Å². The summed E-state index contributed by atoms with van der Waals surface area (Å²) in [5, 5.41) is 13.1. The highest BCUT2D eigenvalue weighted by Crippen LogP contribution is 2.29.